The van der Waals surface area contributed by atoms with E-state index in [1.54, 1.807) is 27.4 Å². The summed E-state index contributed by atoms with van der Waals surface area (Å²) >= 11 is 1.45. The summed E-state index contributed by atoms with van der Waals surface area (Å²) in [5, 5.41) is 5.11. The quantitative estimate of drug-likeness (QED) is 0.632. The van der Waals surface area contributed by atoms with Crippen molar-refractivity contribution in [3.63, 3.8) is 0 Å². The number of nitrogens with zero attached hydrogens (tertiary/aromatic N) is 5. The Kier molecular flexibility index (Phi) is 4.35. The van der Waals surface area contributed by atoms with Crippen molar-refractivity contribution in [2.75, 3.05) is 31.6 Å². The molecule has 3 aromatic rings. The van der Waals surface area contributed by atoms with Crippen LogP contribution in [0.4, 0.5) is 5.00 Å². The summed E-state index contributed by atoms with van der Waals surface area (Å²) in [4.78, 5) is 44.6. The molecule has 0 N–H and O–H groups in total. The van der Waals surface area contributed by atoms with Gasteiger partial charge in [-0.2, -0.15) is 5.10 Å². The van der Waals surface area contributed by atoms with E-state index in [0.29, 0.717) is 42.3 Å². The van der Waals surface area contributed by atoms with Crippen LogP contribution in [0, 0.1) is 0 Å². The van der Waals surface area contributed by atoms with E-state index in [1.165, 1.54) is 16.2 Å². The molecule has 9 heteroatoms. The highest BCUT2D eigenvalue weighted by Crippen LogP contribution is 2.41. The second-order valence-corrected chi connectivity index (χ2v) is 8.64. The zero-order valence-corrected chi connectivity index (χ0v) is 17.6. The molecule has 0 aromatic carbocycles. The van der Waals surface area contributed by atoms with E-state index in [1.807, 2.05) is 31.3 Å². The van der Waals surface area contributed by atoms with Crippen LogP contribution in [-0.2, 0) is 17.8 Å². The summed E-state index contributed by atoms with van der Waals surface area (Å²) < 4.78 is 1.69. The van der Waals surface area contributed by atoms with Gasteiger partial charge in [-0.25, -0.2) is 4.52 Å². The van der Waals surface area contributed by atoms with Crippen LogP contribution >= 0.6 is 11.3 Å². The maximum Gasteiger partial charge on any atom is 0.274 e. The maximum atomic E-state index is 13.1. The second-order valence-electron chi connectivity index (χ2n) is 7.56. The SMILES string of the molecule is CCN1C(=O)CN(C)C(=O)c2c1sc1c2CCN(C(=O)c2cc3ccccn3n2)C1. The third-order valence-electron chi connectivity index (χ3n) is 5.71. The number of carbonyl (C=O) groups is 3. The third kappa shape index (κ3) is 2.80. The number of amides is 3. The van der Waals surface area contributed by atoms with E-state index in [9.17, 15) is 14.4 Å². The lowest BCUT2D eigenvalue weighted by Gasteiger charge is -2.27. The first-order chi connectivity index (χ1) is 14.5. The molecule has 30 heavy (non-hydrogen) atoms. The van der Waals surface area contributed by atoms with Gasteiger partial charge in [0.15, 0.2) is 5.69 Å². The predicted molar refractivity (Wildman–Crippen MR) is 113 cm³/mol. The van der Waals surface area contributed by atoms with Crippen LogP contribution in [0.5, 0.6) is 0 Å². The number of aromatic nitrogens is 2. The third-order valence-corrected chi connectivity index (χ3v) is 6.95. The number of hydrogen-bond acceptors (Lipinski definition) is 5. The van der Waals surface area contributed by atoms with Crippen LogP contribution in [0.3, 0.4) is 0 Å². The fourth-order valence-electron chi connectivity index (χ4n) is 4.16. The number of likely N-dealkylation sites (N-methyl/N-ethyl adjacent to an activating group) is 2. The van der Waals surface area contributed by atoms with Gasteiger partial charge in [0.2, 0.25) is 5.91 Å². The number of pyridine rings is 1. The Hall–Kier alpha value is -3.20. The first-order valence-corrected chi connectivity index (χ1v) is 10.7. The fourth-order valence-corrected chi connectivity index (χ4v) is 5.60. The number of rotatable bonds is 2. The van der Waals surface area contributed by atoms with Crippen molar-refractivity contribution in [1.82, 2.24) is 19.4 Å². The van der Waals surface area contributed by atoms with Gasteiger partial charge in [0.05, 0.1) is 17.6 Å². The van der Waals surface area contributed by atoms with Gasteiger partial charge in [-0.1, -0.05) is 6.07 Å². The van der Waals surface area contributed by atoms with Crippen molar-refractivity contribution in [3.8, 4) is 0 Å². The number of anilines is 1. The Morgan fingerprint density at radius 1 is 1.23 bits per heavy atom. The van der Waals surface area contributed by atoms with Crippen LogP contribution in [0.25, 0.3) is 5.52 Å². The van der Waals surface area contributed by atoms with Crippen LogP contribution < -0.4 is 4.90 Å². The molecule has 0 atom stereocenters. The van der Waals surface area contributed by atoms with Gasteiger partial charge in [-0.15, -0.1) is 11.3 Å². The van der Waals surface area contributed by atoms with Crippen LogP contribution in [0.15, 0.2) is 30.5 Å². The van der Waals surface area contributed by atoms with Gasteiger partial charge < -0.3 is 14.7 Å². The molecule has 0 saturated heterocycles. The molecular formula is C21H21N5O3S. The van der Waals surface area contributed by atoms with Crippen LogP contribution in [0.2, 0.25) is 0 Å². The van der Waals surface area contributed by atoms with Gasteiger partial charge in [-0.3, -0.25) is 14.4 Å². The molecule has 0 fully saturated rings. The maximum absolute atomic E-state index is 13.1. The summed E-state index contributed by atoms with van der Waals surface area (Å²) in [5.41, 5.74) is 2.88. The molecule has 154 valence electrons. The molecular weight excluding hydrogens is 402 g/mol. The Morgan fingerprint density at radius 3 is 2.83 bits per heavy atom. The smallest absolute Gasteiger partial charge is 0.274 e. The standard InChI is InChI=1S/C21H21N5O3S/c1-3-25-17(27)12-23(2)20(29)18-14-7-9-24(11-16(14)30-21(18)25)19(28)15-10-13-6-4-5-8-26(13)22-15/h4-6,8,10H,3,7,9,11-12H2,1-2H3. The highest BCUT2D eigenvalue weighted by Gasteiger charge is 2.37. The van der Waals surface area contributed by atoms with E-state index in [0.717, 1.165) is 16.0 Å². The van der Waals surface area contributed by atoms with Crippen molar-refractivity contribution < 1.29 is 14.4 Å². The molecule has 3 amide bonds. The number of fused-ring (bicyclic) bond motifs is 4. The molecule has 5 heterocycles. The molecule has 0 aliphatic carbocycles. The Labute approximate surface area is 177 Å². The largest absolute Gasteiger partial charge is 0.332 e. The average molecular weight is 423 g/mol. The first kappa shape index (κ1) is 18.8. The minimum atomic E-state index is -0.125. The summed E-state index contributed by atoms with van der Waals surface area (Å²) in [6, 6.07) is 7.48. The fraction of sp³-hybridized carbons (Fsp3) is 0.333. The minimum Gasteiger partial charge on any atom is -0.332 e. The zero-order valence-electron chi connectivity index (χ0n) is 16.8. The Balaban J connectivity index is 1.49. The first-order valence-electron chi connectivity index (χ1n) is 9.92. The Bertz CT molecular complexity index is 1160. The van der Waals surface area contributed by atoms with E-state index in [2.05, 4.69) is 5.10 Å². The average Bonchev–Trinajstić information content (AvgIpc) is 3.32. The van der Waals surface area contributed by atoms with E-state index < -0.39 is 0 Å². The molecule has 3 aromatic heterocycles. The molecule has 0 unspecified atom stereocenters. The topological polar surface area (TPSA) is 78.2 Å². The molecule has 0 bridgehead atoms. The monoisotopic (exact) mass is 423 g/mol. The van der Waals surface area contributed by atoms with Crippen molar-refractivity contribution in [2.45, 2.75) is 19.9 Å². The van der Waals surface area contributed by atoms with Crippen molar-refractivity contribution >= 4 is 39.6 Å². The molecule has 0 spiro atoms. The predicted octanol–water partition coefficient (Wildman–Crippen LogP) is 2.03. The molecule has 2 aliphatic rings. The van der Waals surface area contributed by atoms with Crippen LogP contribution in [-0.4, -0.2) is 63.8 Å². The summed E-state index contributed by atoms with van der Waals surface area (Å²) in [7, 11) is 1.66. The lowest BCUT2D eigenvalue weighted by Crippen LogP contribution is -2.38. The van der Waals surface area contributed by atoms with E-state index >= 15 is 0 Å². The van der Waals surface area contributed by atoms with Gasteiger partial charge in [-0.05, 0) is 37.1 Å². The minimum absolute atomic E-state index is 0.0803. The molecule has 5 rings (SSSR count). The van der Waals surface area contributed by atoms with Crippen LogP contribution in [0.1, 0.15) is 38.2 Å². The lowest BCUT2D eigenvalue weighted by molar-refractivity contribution is -0.118. The van der Waals surface area contributed by atoms with E-state index in [-0.39, 0.29) is 24.3 Å². The summed E-state index contributed by atoms with van der Waals surface area (Å²) in [6.45, 7) is 3.44. The highest BCUT2D eigenvalue weighted by molar-refractivity contribution is 7.17. The van der Waals surface area contributed by atoms with Gasteiger partial charge in [0.25, 0.3) is 11.8 Å². The highest BCUT2D eigenvalue weighted by atomic mass is 32.1. The molecule has 2 aliphatic heterocycles. The lowest BCUT2D eigenvalue weighted by atomic mass is 10.0. The number of thiophene rings is 1. The van der Waals surface area contributed by atoms with Gasteiger partial charge >= 0.3 is 0 Å². The molecule has 0 saturated carbocycles. The summed E-state index contributed by atoms with van der Waals surface area (Å²) in [6.07, 6.45) is 2.40. The van der Waals surface area contributed by atoms with Gasteiger partial charge in [0, 0.05) is 31.2 Å². The normalized spacial score (nSPS) is 16.7. The molecule has 8 nitrogen and oxygen atoms in total. The zero-order chi connectivity index (χ0) is 21.0. The Morgan fingerprint density at radius 2 is 2.07 bits per heavy atom. The number of hydrogen-bond donors (Lipinski definition) is 0. The van der Waals surface area contributed by atoms with Crippen molar-refractivity contribution in [2.24, 2.45) is 0 Å². The number of carbonyl (C=O) groups excluding carboxylic acids is 3. The second kappa shape index (κ2) is 6.94. The van der Waals surface area contributed by atoms with Crippen molar-refractivity contribution in [1.29, 1.82) is 0 Å². The summed E-state index contributed by atoms with van der Waals surface area (Å²) in [5.74, 6) is -0.324. The van der Waals surface area contributed by atoms with Crippen molar-refractivity contribution in [3.05, 3.63) is 52.2 Å². The van der Waals surface area contributed by atoms with E-state index in [4.69, 9.17) is 0 Å². The van der Waals surface area contributed by atoms with Gasteiger partial charge in [0.1, 0.15) is 11.5 Å². The molecule has 0 radical (unpaired) electrons.